The molecule has 0 aliphatic heterocycles. The zero-order valence-electron chi connectivity index (χ0n) is 14.2. The van der Waals surface area contributed by atoms with E-state index in [1.165, 1.54) is 18.2 Å². The first kappa shape index (κ1) is 19.2. The average molecular weight is 406 g/mol. The molecule has 1 fully saturated rings. The summed E-state index contributed by atoms with van der Waals surface area (Å²) in [7, 11) is 0. The van der Waals surface area contributed by atoms with Crippen molar-refractivity contribution in [2.75, 3.05) is 17.2 Å². The summed E-state index contributed by atoms with van der Waals surface area (Å²) in [5.74, 6) is -0.652. The van der Waals surface area contributed by atoms with Gasteiger partial charge in [-0.3, -0.25) is 14.4 Å². The van der Waals surface area contributed by atoms with Crippen molar-refractivity contribution in [2.45, 2.75) is 12.8 Å². The van der Waals surface area contributed by atoms with Crippen LogP contribution in [0.4, 0.5) is 11.4 Å². The van der Waals surface area contributed by atoms with Gasteiger partial charge >= 0.3 is 0 Å². The van der Waals surface area contributed by atoms with Crippen molar-refractivity contribution < 1.29 is 14.4 Å². The Bertz CT molecular complexity index is 880. The first-order valence-corrected chi connectivity index (χ1v) is 9.12. The highest BCUT2D eigenvalue weighted by molar-refractivity contribution is 6.42. The Hall–Kier alpha value is -2.57. The smallest absolute Gasteiger partial charge is 0.251 e. The van der Waals surface area contributed by atoms with E-state index in [0.717, 1.165) is 12.8 Å². The van der Waals surface area contributed by atoms with Crippen molar-refractivity contribution in [1.82, 2.24) is 5.32 Å². The van der Waals surface area contributed by atoms with Crippen LogP contribution < -0.4 is 16.0 Å². The van der Waals surface area contributed by atoms with E-state index in [2.05, 4.69) is 16.0 Å². The van der Waals surface area contributed by atoms with E-state index >= 15 is 0 Å². The summed E-state index contributed by atoms with van der Waals surface area (Å²) in [6.45, 7) is -0.195. The van der Waals surface area contributed by atoms with Crippen LogP contribution in [0.25, 0.3) is 0 Å². The molecule has 1 saturated carbocycles. The SMILES string of the molecule is O=C(CNC(=O)c1ccc(Cl)c(Cl)c1)Nc1ccc(NC(=O)C2CC2)cc1. The molecule has 0 atom stereocenters. The second-order valence-corrected chi connectivity index (χ2v) is 7.02. The van der Waals surface area contributed by atoms with Crippen LogP contribution in [0, 0.1) is 5.92 Å². The quantitative estimate of drug-likeness (QED) is 0.684. The van der Waals surface area contributed by atoms with Crippen LogP contribution >= 0.6 is 23.2 Å². The summed E-state index contributed by atoms with van der Waals surface area (Å²) in [6.07, 6.45) is 1.88. The van der Waals surface area contributed by atoms with Gasteiger partial charge in [-0.2, -0.15) is 0 Å². The molecule has 2 aromatic carbocycles. The lowest BCUT2D eigenvalue weighted by Crippen LogP contribution is -2.32. The number of carbonyl (C=O) groups is 3. The summed E-state index contributed by atoms with van der Waals surface area (Å²) in [6, 6.07) is 11.3. The third-order valence-electron chi connectivity index (χ3n) is 3.98. The van der Waals surface area contributed by atoms with Gasteiger partial charge in [-0.25, -0.2) is 0 Å². The monoisotopic (exact) mass is 405 g/mol. The lowest BCUT2D eigenvalue weighted by molar-refractivity contribution is -0.117. The van der Waals surface area contributed by atoms with Gasteiger partial charge in [-0.05, 0) is 55.3 Å². The molecular weight excluding hydrogens is 389 g/mol. The van der Waals surface area contributed by atoms with Gasteiger partial charge in [-0.15, -0.1) is 0 Å². The summed E-state index contributed by atoms with van der Waals surface area (Å²) in [4.78, 5) is 35.7. The van der Waals surface area contributed by atoms with Crippen LogP contribution in [-0.4, -0.2) is 24.3 Å². The maximum Gasteiger partial charge on any atom is 0.251 e. The van der Waals surface area contributed by atoms with Crippen LogP contribution in [0.1, 0.15) is 23.2 Å². The number of halogens is 2. The lowest BCUT2D eigenvalue weighted by atomic mass is 10.2. The molecule has 1 aliphatic carbocycles. The van der Waals surface area contributed by atoms with E-state index in [0.29, 0.717) is 22.0 Å². The Morgan fingerprint density at radius 2 is 1.52 bits per heavy atom. The molecule has 27 heavy (non-hydrogen) atoms. The number of hydrogen-bond acceptors (Lipinski definition) is 3. The molecular formula is C19H17Cl2N3O3. The van der Waals surface area contributed by atoms with E-state index in [9.17, 15) is 14.4 Å². The third kappa shape index (κ3) is 5.45. The van der Waals surface area contributed by atoms with E-state index in [-0.39, 0.29) is 29.3 Å². The molecule has 0 radical (unpaired) electrons. The molecule has 0 spiro atoms. The Morgan fingerprint density at radius 3 is 2.11 bits per heavy atom. The van der Waals surface area contributed by atoms with Gasteiger partial charge in [0.1, 0.15) is 0 Å². The van der Waals surface area contributed by atoms with E-state index in [1.807, 2.05) is 0 Å². The summed E-state index contributed by atoms with van der Waals surface area (Å²) >= 11 is 11.7. The standard InChI is InChI=1S/C19H17Cl2N3O3/c20-15-8-3-12(9-16(15)21)18(26)22-10-17(25)23-13-4-6-14(7-5-13)24-19(27)11-1-2-11/h3-9,11H,1-2,10H2,(H,22,26)(H,23,25)(H,24,27). The molecule has 0 saturated heterocycles. The minimum absolute atomic E-state index is 0.0248. The van der Waals surface area contributed by atoms with Crippen LogP contribution in [0.15, 0.2) is 42.5 Å². The highest BCUT2D eigenvalue weighted by Gasteiger charge is 2.29. The van der Waals surface area contributed by atoms with Crippen molar-refractivity contribution in [3.63, 3.8) is 0 Å². The van der Waals surface area contributed by atoms with Gasteiger partial charge in [0.15, 0.2) is 0 Å². The van der Waals surface area contributed by atoms with Crippen molar-refractivity contribution in [3.8, 4) is 0 Å². The normalized spacial score (nSPS) is 13.0. The van der Waals surface area contributed by atoms with E-state index < -0.39 is 5.91 Å². The van der Waals surface area contributed by atoms with Gasteiger partial charge in [-0.1, -0.05) is 23.2 Å². The van der Waals surface area contributed by atoms with E-state index in [4.69, 9.17) is 23.2 Å². The average Bonchev–Trinajstić information content (AvgIpc) is 3.49. The fraction of sp³-hybridized carbons (Fsp3) is 0.211. The second kappa shape index (κ2) is 8.41. The lowest BCUT2D eigenvalue weighted by Gasteiger charge is -2.09. The number of nitrogens with one attached hydrogen (secondary N) is 3. The Labute approximate surface area is 166 Å². The molecule has 1 aliphatic rings. The number of amides is 3. The number of hydrogen-bond donors (Lipinski definition) is 3. The van der Waals surface area contributed by atoms with Crippen LogP contribution in [-0.2, 0) is 9.59 Å². The van der Waals surface area contributed by atoms with Gasteiger partial charge in [0.05, 0.1) is 16.6 Å². The van der Waals surface area contributed by atoms with Gasteiger partial charge in [0.25, 0.3) is 5.91 Å². The molecule has 6 nitrogen and oxygen atoms in total. The predicted octanol–water partition coefficient (Wildman–Crippen LogP) is 3.71. The first-order chi connectivity index (χ1) is 12.9. The van der Waals surface area contributed by atoms with Crippen molar-refractivity contribution in [2.24, 2.45) is 5.92 Å². The summed E-state index contributed by atoms with van der Waals surface area (Å²) in [5.41, 5.74) is 1.55. The molecule has 8 heteroatoms. The second-order valence-electron chi connectivity index (χ2n) is 6.20. The topological polar surface area (TPSA) is 87.3 Å². The maximum absolute atomic E-state index is 12.0. The molecule has 2 aromatic rings. The molecule has 140 valence electrons. The Morgan fingerprint density at radius 1 is 0.889 bits per heavy atom. The van der Waals surface area contributed by atoms with Crippen molar-refractivity contribution in [3.05, 3.63) is 58.1 Å². The highest BCUT2D eigenvalue weighted by atomic mass is 35.5. The molecule has 0 heterocycles. The molecule has 3 amide bonds. The molecule has 3 rings (SSSR count). The molecule has 0 aromatic heterocycles. The molecule has 3 N–H and O–H groups in total. The Kier molecular flexibility index (Phi) is 5.98. The zero-order chi connectivity index (χ0) is 19.4. The molecule has 0 bridgehead atoms. The third-order valence-corrected chi connectivity index (χ3v) is 4.71. The van der Waals surface area contributed by atoms with Gasteiger partial charge < -0.3 is 16.0 Å². The van der Waals surface area contributed by atoms with Crippen LogP contribution in [0.2, 0.25) is 10.0 Å². The number of anilines is 2. The van der Waals surface area contributed by atoms with Crippen LogP contribution in [0.3, 0.4) is 0 Å². The van der Waals surface area contributed by atoms with Gasteiger partial charge in [0.2, 0.25) is 11.8 Å². The zero-order valence-corrected chi connectivity index (χ0v) is 15.7. The fourth-order valence-corrected chi connectivity index (χ4v) is 2.63. The molecule has 0 unspecified atom stereocenters. The summed E-state index contributed by atoms with van der Waals surface area (Å²) in [5, 5.41) is 8.62. The predicted molar refractivity (Wildman–Crippen MR) is 105 cm³/mol. The summed E-state index contributed by atoms with van der Waals surface area (Å²) < 4.78 is 0. The Balaban J connectivity index is 1.47. The van der Waals surface area contributed by atoms with Crippen LogP contribution in [0.5, 0.6) is 0 Å². The van der Waals surface area contributed by atoms with Crippen molar-refractivity contribution >= 4 is 52.3 Å². The number of benzene rings is 2. The number of carbonyl (C=O) groups excluding carboxylic acids is 3. The minimum Gasteiger partial charge on any atom is -0.343 e. The van der Waals surface area contributed by atoms with Crippen molar-refractivity contribution in [1.29, 1.82) is 0 Å². The highest BCUT2D eigenvalue weighted by Crippen LogP contribution is 2.30. The maximum atomic E-state index is 12.0. The van der Waals surface area contributed by atoms with Gasteiger partial charge in [0, 0.05) is 22.9 Å². The fourth-order valence-electron chi connectivity index (χ4n) is 2.33. The largest absolute Gasteiger partial charge is 0.343 e. The first-order valence-electron chi connectivity index (χ1n) is 8.36. The van der Waals surface area contributed by atoms with E-state index in [1.54, 1.807) is 24.3 Å². The number of rotatable bonds is 6. The minimum atomic E-state index is -0.429.